The highest BCUT2D eigenvalue weighted by molar-refractivity contribution is 5.67. The van der Waals surface area contributed by atoms with Crippen molar-refractivity contribution in [2.24, 2.45) is 0 Å². The molecule has 1 aromatic carbocycles. The smallest absolute Gasteiger partial charge is 0.407 e. The third-order valence-electron chi connectivity index (χ3n) is 3.28. The van der Waals surface area contributed by atoms with Crippen LogP contribution in [0, 0.1) is 0 Å². The summed E-state index contributed by atoms with van der Waals surface area (Å²) in [6.45, 7) is 8.21. The van der Waals surface area contributed by atoms with E-state index in [9.17, 15) is 4.79 Å². The maximum Gasteiger partial charge on any atom is 0.407 e. The van der Waals surface area contributed by atoms with Crippen LogP contribution < -0.4 is 5.32 Å². The Morgan fingerprint density at radius 3 is 2.55 bits per heavy atom. The van der Waals surface area contributed by atoms with Crippen molar-refractivity contribution in [3.63, 3.8) is 0 Å². The van der Waals surface area contributed by atoms with Crippen molar-refractivity contribution in [2.75, 3.05) is 32.8 Å². The lowest BCUT2D eigenvalue weighted by Crippen LogP contribution is -2.35. The summed E-state index contributed by atoms with van der Waals surface area (Å²) in [4.78, 5) is 13.7. The van der Waals surface area contributed by atoms with Crippen LogP contribution in [0.3, 0.4) is 0 Å². The molecule has 1 rings (SSSR count). The Morgan fingerprint density at radius 1 is 1.20 bits per heavy atom. The van der Waals surface area contributed by atoms with Crippen molar-refractivity contribution in [2.45, 2.75) is 26.7 Å². The van der Waals surface area contributed by atoms with E-state index in [4.69, 9.17) is 4.74 Å². The van der Waals surface area contributed by atoms with E-state index in [1.807, 2.05) is 18.2 Å². The molecule has 0 heterocycles. The standard InChI is InChI=1S/C16H26N2O2/c1-3-18(4-2)13-12-17-16(19)20-14-8-11-15-9-6-5-7-10-15/h5-7,9-10H,3-4,8,11-14H2,1-2H3,(H,17,19). The minimum absolute atomic E-state index is 0.315. The average Bonchev–Trinajstić information content (AvgIpc) is 2.49. The second-order valence-corrected chi connectivity index (χ2v) is 4.68. The minimum atomic E-state index is -0.315. The van der Waals surface area contributed by atoms with Crippen molar-refractivity contribution < 1.29 is 9.53 Å². The summed E-state index contributed by atoms with van der Waals surface area (Å²) in [6.07, 6.45) is 1.48. The number of carbonyl (C=O) groups excluding carboxylic acids is 1. The Morgan fingerprint density at radius 2 is 1.90 bits per heavy atom. The van der Waals surface area contributed by atoms with Gasteiger partial charge < -0.3 is 15.0 Å². The molecule has 0 aliphatic carbocycles. The van der Waals surface area contributed by atoms with Crippen LogP contribution in [0.25, 0.3) is 0 Å². The number of rotatable bonds is 9. The van der Waals surface area contributed by atoms with Crippen LogP contribution in [0.2, 0.25) is 0 Å². The number of alkyl carbamates (subject to hydrolysis) is 1. The van der Waals surface area contributed by atoms with Gasteiger partial charge in [-0.3, -0.25) is 0 Å². The molecule has 1 amide bonds. The molecule has 0 atom stereocenters. The summed E-state index contributed by atoms with van der Waals surface area (Å²) in [7, 11) is 0. The fourth-order valence-electron chi connectivity index (χ4n) is 1.99. The molecule has 0 saturated carbocycles. The molecular weight excluding hydrogens is 252 g/mol. The molecule has 1 aromatic rings. The lowest BCUT2D eigenvalue weighted by atomic mass is 10.1. The number of hydrogen-bond donors (Lipinski definition) is 1. The van der Waals surface area contributed by atoms with E-state index in [0.29, 0.717) is 13.2 Å². The Hall–Kier alpha value is -1.55. The topological polar surface area (TPSA) is 41.6 Å². The second-order valence-electron chi connectivity index (χ2n) is 4.68. The number of likely N-dealkylation sites (N-methyl/N-ethyl adjacent to an activating group) is 1. The quantitative estimate of drug-likeness (QED) is 0.706. The van der Waals surface area contributed by atoms with Gasteiger partial charge in [-0.1, -0.05) is 44.2 Å². The van der Waals surface area contributed by atoms with Crippen LogP contribution in [0.15, 0.2) is 30.3 Å². The van der Waals surface area contributed by atoms with Gasteiger partial charge in [-0.15, -0.1) is 0 Å². The van der Waals surface area contributed by atoms with Crippen molar-refractivity contribution in [3.8, 4) is 0 Å². The summed E-state index contributed by atoms with van der Waals surface area (Å²) < 4.78 is 5.14. The molecule has 4 heteroatoms. The van der Waals surface area contributed by atoms with Gasteiger partial charge in [0.1, 0.15) is 0 Å². The summed E-state index contributed by atoms with van der Waals surface area (Å²) in [6, 6.07) is 10.2. The number of carbonyl (C=O) groups is 1. The van der Waals surface area contributed by atoms with E-state index in [1.165, 1.54) is 5.56 Å². The van der Waals surface area contributed by atoms with Crippen LogP contribution in [-0.2, 0) is 11.2 Å². The molecule has 0 aromatic heterocycles. The van der Waals surface area contributed by atoms with Crippen molar-refractivity contribution in [3.05, 3.63) is 35.9 Å². The van der Waals surface area contributed by atoms with Crippen LogP contribution in [0.5, 0.6) is 0 Å². The van der Waals surface area contributed by atoms with Gasteiger partial charge in [0.15, 0.2) is 0 Å². The van der Waals surface area contributed by atoms with Gasteiger partial charge in [0.05, 0.1) is 6.61 Å². The molecule has 0 saturated heterocycles. The van der Waals surface area contributed by atoms with E-state index in [1.54, 1.807) is 0 Å². The number of nitrogens with zero attached hydrogens (tertiary/aromatic N) is 1. The zero-order valence-corrected chi connectivity index (χ0v) is 12.6. The van der Waals surface area contributed by atoms with Crippen LogP contribution >= 0.6 is 0 Å². The number of hydrogen-bond acceptors (Lipinski definition) is 3. The van der Waals surface area contributed by atoms with Gasteiger partial charge in [0, 0.05) is 13.1 Å². The lowest BCUT2D eigenvalue weighted by Gasteiger charge is -2.17. The van der Waals surface area contributed by atoms with Crippen LogP contribution in [0.1, 0.15) is 25.8 Å². The fraction of sp³-hybridized carbons (Fsp3) is 0.562. The minimum Gasteiger partial charge on any atom is -0.450 e. The van der Waals surface area contributed by atoms with Crippen LogP contribution in [-0.4, -0.2) is 43.8 Å². The molecule has 0 fully saturated rings. The van der Waals surface area contributed by atoms with Gasteiger partial charge >= 0.3 is 6.09 Å². The molecule has 1 N–H and O–H groups in total. The first-order valence-corrected chi connectivity index (χ1v) is 7.43. The van der Waals surface area contributed by atoms with E-state index >= 15 is 0 Å². The lowest BCUT2D eigenvalue weighted by molar-refractivity contribution is 0.143. The fourth-order valence-corrected chi connectivity index (χ4v) is 1.99. The number of aryl methyl sites for hydroxylation is 1. The largest absolute Gasteiger partial charge is 0.450 e. The van der Waals surface area contributed by atoms with E-state index in [0.717, 1.165) is 32.5 Å². The Labute approximate surface area is 122 Å². The third kappa shape index (κ3) is 7.14. The monoisotopic (exact) mass is 278 g/mol. The molecule has 0 bridgehead atoms. The normalized spacial score (nSPS) is 10.6. The first-order valence-electron chi connectivity index (χ1n) is 7.43. The molecule has 0 radical (unpaired) electrons. The average molecular weight is 278 g/mol. The molecular formula is C16H26N2O2. The summed E-state index contributed by atoms with van der Waals surface area (Å²) in [5.41, 5.74) is 1.28. The van der Waals surface area contributed by atoms with Crippen molar-refractivity contribution >= 4 is 6.09 Å². The Bertz CT molecular complexity index is 364. The highest BCUT2D eigenvalue weighted by atomic mass is 16.5. The van der Waals surface area contributed by atoms with E-state index in [2.05, 4.69) is 36.2 Å². The molecule has 0 aliphatic heterocycles. The number of nitrogens with one attached hydrogen (secondary N) is 1. The van der Waals surface area contributed by atoms with E-state index in [-0.39, 0.29) is 6.09 Å². The summed E-state index contributed by atoms with van der Waals surface area (Å²) >= 11 is 0. The van der Waals surface area contributed by atoms with Gasteiger partial charge in [-0.05, 0) is 31.5 Å². The molecule has 0 aliphatic rings. The van der Waals surface area contributed by atoms with Gasteiger partial charge in [-0.2, -0.15) is 0 Å². The molecule has 0 unspecified atom stereocenters. The highest BCUT2D eigenvalue weighted by Gasteiger charge is 2.03. The van der Waals surface area contributed by atoms with E-state index < -0.39 is 0 Å². The summed E-state index contributed by atoms with van der Waals surface area (Å²) in [5, 5.41) is 2.78. The Balaban J connectivity index is 2.03. The zero-order chi connectivity index (χ0) is 14.6. The van der Waals surface area contributed by atoms with Gasteiger partial charge in [0.25, 0.3) is 0 Å². The third-order valence-corrected chi connectivity index (χ3v) is 3.28. The maximum absolute atomic E-state index is 11.5. The highest BCUT2D eigenvalue weighted by Crippen LogP contribution is 2.02. The molecule has 20 heavy (non-hydrogen) atoms. The van der Waals surface area contributed by atoms with Crippen molar-refractivity contribution in [1.82, 2.24) is 10.2 Å². The van der Waals surface area contributed by atoms with Crippen LogP contribution in [0.4, 0.5) is 4.79 Å². The first-order chi connectivity index (χ1) is 9.76. The molecule has 4 nitrogen and oxygen atoms in total. The number of amides is 1. The molecule has 0 spiro atoms. The van der Waals surface area contributed by atoms with Gasteiger partial charge in [0.2, 0.25) is 0 Å². The molecule has 112 valence electrons. The predicted octanol–water partition coefficient (Wildman–Crippen LogP) is 2.69. The SMILES string of the molecule is CCN(CC)CCNC(=O)OCCCc1ccccc1. The number of ether oxygens (including phenoxy) is 1. The first kappa shape index (κ1) is 16.5. The summed E-state index contributed by atoms with van der Waals surface area (Å²) in [5.74, 6) is 0. The predicted molar refractivity (Wildman–Crippen MR) is 81.9 cm³/mol. The zero-order valence-electron chi connectivity index (χ0n) is 12.6. The van der Waals surface area contributed by atoms with Gasteiger partial charge in [-0.25, -0.2) is 4.79 Å². The second kappa shape index (κ2) is 10.3. The Kier molecular flexibility index (Phi) is 8.47. The number of benzene rings is 1. The van der Waals surface area contributed by atoms with Crippen molar-refractivity contribution in [1.29, 1.82) is 0 Å². The maximum atomic E-state index is 11.5.